The number of hydrogen-bond donors (Lipinski definition) is 2. The van der Waals surface area contributed by atoms with E-state index in [9.17, 15) is 9.18 Å². The van der Waals surface area contributed by atoms with Crippen molar-refractivity contribution in [3.8, 4) is 0 Å². The van der Waals surface area contributed by atoms with Gasteiger partial charge in [-0.2, -0.15) is 0 Å². The van der Waals surface area contributed by atoms with Gasteiger partial charge in [-0.25, -0.2) is 4.39 Å². The number of nitrogens with zero attached hydrogens (tertiary/aromatic N) is 2. The number of carbonyl (C=O) groups is 1. The molecule has 0 saturated carbocycles. The van der Waals surface area contributed by atoms with Gasteiger partial charge in [0.1, 0.15) is 5.82 Å². The van der Waals surface area contributed by atoms with Gasteiger partial charge in [0, 0.05) is 31.7 Å². The average Bonchev–Trinajstić information content (AvgIpc) is 3.19. The third-order valence-corrected chi connectivity index (χ3v) is 6.78. The monoisotopic (exact) mass is 438 g/mol. The van der Waals surface area contributed by atoms with Crippen molar-refractivity contribution in [1.29, 1.82) is 0 Å². The van der Waals surface area contributed by atoms with Gasteiger partial charge >= 0.3 is 0 Å². The quantitative estimate of drug-likeness (QED) is 0.666. The number of likely N-dealkylation sites (tertiary alicyclic amines) is 2. The summed E-state index contributed by atoms with van der Waals surface area (Å²) in [6, 6.07) is 17.8. The van der Waals surface area contributed by atoms with E-state index in [4.69, 9.17) is 0 Å². The Morgan fingerprint density at radius 3 is 2.50 bits per heavy atom. The molecule has 5 nitrogen and oxygen atoms in total. The first kappa shape index (κ1) is 22.9. The zero-order chi connectivity index (χ0) is 22.3. The molecule has 0 aromatic heterocycles. The summed E-state index contributed by atoms with van der Waals surface area (Å²) in [5.41, 5.74) is 1.86. The van der Waals surface area contributed by atoms with Crippen LogP contribution in [0.1, 0.15) is 30.4 Å². The maximum absolute atomic E-state index is 13.9. The molecule has 0 unspecified atom stereocenters. The minimum absolute atomic E-state index is 0.0462. The first-order valence-corrected chi connectivity index (χ1v) is 11.8. The van der Waals surface area contributed by atoms with E-state index in [2.05, 4.69) is 39.6 Å². The van der Waals surface area contributed by atoms with Crippen molar-refractivity contribution in [3.63, 3.8) is 0 Å². The van der Waals surface area contributed by atoms with E-state index in [0.717, 1.165) is 45.4 Å². The summed E-state index contributed by atoms with van der Waals surface area (Å²) in [6.07, 6.45) is 3.63. The van der Waals surface area contributed by atoms with Gasteiger partial charge < -0.3 is 15.5 Å². The molecule has 1 amide bonds. The number of hydrogen-bond acceptors (Lipinski definition) is 4. The van der Waals surface area contributed by atoms with Gasteiger partial charge in [-0.1, -0.05) is 48.5 Å². The molecule has 172 valence electrons. The Morgan fingerprint density at radius 2 is 1.75 bits per heavy atom. The van der Waals surface area contributed by atoms with Crippen LogP contribution >= 0.6 is 0 Å². The second-order valence-corrected chi connectivity index (χ2v) is 9.24. The van der Waals surface area contributed by atoms with Gasteiger partial charge in [0.2, 0.25) is 5.91 Å². The predicted octanol–water partition coefficient (Wildman–Crippen LogP) is 2.81. The van der Waals surface area contributed by atoms with Gasteiger partial charge in [0.15, 0.2) is 0 Å². The summed E-state index contributed by atoms with van der Waals surface area (Å²) in [5, 5.41) is 6.89. The second-order valence-electron chi connectivity index (χ2n) is 9.24. The highest BCUT2D eigenvalue weighted by Gasteiger charge is 2.37. The number of amides is 1. The summed E-state index contributed by atoms with van der Waals surface area (Å²) in [6.45, 7) is 4.32. The number of carbonyl (C=O) groups excluding carboxylic acids is 1. The van der Waals surface area contributed by atoms with Gasteiger partial charge in [0.25, 0.3) is 0 Å². The van der Waals surface area contributed by atoms with Crippen LogP contribution in [0.2, 0.25) is 0 Å². The SMILES string of the molecule is CN1CCC(N[C@@H]2C[C@@H](C(=O)NCCc3ccccc3F)N(Cc3ccccc3)C2)CC1. The molecule has 2 fully saturated rings. The number of rotatable bonds is 8. The van der Waals surface area contributed by atoms with Gasteiger partial charge in [-0.3, -0.25) is 9.69 Å². The van der Waals surface area contributed by atoms with Crippen molar-refractivity contribution in [2.24, 2.45) is 0 Å². The highest BCUT2D eigenvalue weighted by Crippen LogP contribution is 2.23. The zero-order valence-corrected chi connectivity index (χ0v) is 19.0. The molecule has 6 heteroatoms. The lowest BCUT2D eigenvalue weighted by molar-refractivity contribution is -0.125. The van der Waals surface area contributed by atoms with Crippen LogP contribution in [0.4, 0.5) is 4.39 Å². The molecule has 2 aliphatic heterocycles. The smallest absolute Gasteiger partial charge is 0.237 e. The maximum atomic E-state index is 13.9. The lowest BCUT2D eigenvalue weighted by Gasteiger charge is -2.31. The number of piperidine rings is 1. The Kier molecular flexibility index (Phi) is 7.90. The van der Waals surface area contributed by atoms with Crippen LogP contribution < -0.4 is 10.6 Å². The van der Waals surface area contributed by atoms with Crippen LogP contribution in [0.15, 0.2) is 54.6 Å². The zero-order valence-electron chi connectivity index (χ0n) is 19.0. The Balaban J connectivity index is 1.36. The van der Waals surface area contributed by atoms with Crippen LogP contribution in [0.3, 0.4) is 0 Å². The van der Waals surface area contributed by atoms with Crippen molar-refractivity contribution in [2.75, 3.05) is 33.2 Å². The molecule has 0 aliphatic carbocycles. The fourth-order valence-corrected chi connectivity index (χ4v) is 4.94. The molecule has 2 aromatic carbocycles. The van der Waals surface area contributed by atoms with Crippen molar-refractivity contribution in [2.45, 2.75) is 50.4 Å². The van der Waals surface area contributed by atoms with Crippen molar-refractivity contribution < 1.29 is 9.18 Å². The first-order chi connectivity index (χ1) is 15.6. The van der Waals surface area contributed by atoms with Crippen molar-refractivity contribution in [1.82, 2.24) is 20.4 Å². The standard InChI is InChI=1S/C26H35FN4O/c1-30-15-12-22(13-16-30)29-23-17-25(31(19-23)18-20-7-3-2-4-8-20)26(32)28-14-11-21-9-5-6-10-24(21)27/h2-10,22-23,25,29H,11-19H2,1H3,(H,28,32)/t23-,25+/m1/s1. The fourth-order valence-electron chi connectivity index (χ4n) is 4.94. The largest absolute Gasteiger partial charge is 0.354 e. The summed E-state index contributed by atoms with van der Waals surface area (Å²) in [7, 11) is 2.18. The lowest BCUT2D eigenvalue weighted by Crippen LogP contribution is -2.46. The Bertz CT molecular complexity index is 869. The predicted molar refractivity (Wildman–Crippen MR) is 126 cm³/mol. The van der Waals surface area contributed by atoms with Crippen LogP contribution in [0, 0.1) is 5.82 Å². The molecule has 2 atom stereocenters. The average molecular weight is 439 g/mol. The van der Waals surface area contributed by atoms with Gasteiger partial charge in [-0.15, -0.1) is 0 Å². The summed E-state index contributed by atoms with van der Waals surface area (Å²) in [5.74, 6) is -0.166. The van der Waals surface area contributed by atoms with E-state index in [1.165, 1.54) is 11.6 Å². The highest BCUT2D eigenvalue weighted by atomic mass is 19.1. The molecule has 2 saturated heterocycles. The maximum Gasteiger partial charge on any atom is 0.237 e. The molecule has 2 heterocycles. The normalized spacial score (nSPS) is 22.8. The van der Waals surface area contributed by atoms with E-state index in [0.29, 0.717) is 30.6 Å². The molecule has 4 rings (SSSR count). The molecular weight excluding hydrogens is 403 g/mol. The van der Waals surface area contributed by atoms with Crippen LogP contribution in [0.25, 0.3) is 0 Å². The van der Waals surface area contributed by atoms with Crippen molar-refractivity contribution in [3.05, 3.63) is 71.5 Å². The minimum atomic E-state index is -0.212. The Labute approximate surface area is 191 Å². The minimum Gasteiger partial charge on any atom is -0.354 e. The summed E-state index contributed by atoms with van der Waals surface area (Å²) in [4.78, 5) is 17.8. The highest BCUT2D eigenvalue weighted by molar-refractivity contribution is 5.82. The van der Waals surface area contributed by atoms with E-state index in [1.807, 2.05) is 24.3 Å². The lowest BCUT2D eigenvalue weighted by atomic mass is 10.0. The summed E-state index contributed by atoms with van der Waals surface area (Å²) < 4.78 is 13.9. The molecule has 32 heavy (non-hydrogen) atoms. The molecule has 2 aliphatic rings. The molecule has 0 spiro atoms. The molecule has 2 aromatic rings. The van der Waals surface area contributed by atoms with E-state index >= 15 is 0 Å². The molecular formula is C26H35FN4O. The van der Waals surface area contributed by atoms with E-state index in [1.54, 1.807) is 12.1 Å². The first-order valence-electron chi connectivity index (χ1n) is 11.8. The Morgan fingerprint density at radius 1 is 1.03 bits per heavy atom. The molecule has 0 bridgehead atoms. The number of benzene rings is 2. The Hall–Kier alpha value is -2.28. The van der Waals surface area contributed by atoms with E-state index < -0.39 is 0 Å². The number of nitrogens with one attached hydrogen (secondary N) is 2. The third-order valence-electron chi connectivity index (χ3n) is 6.78. The van der Waals surface area contributed by atoms with Crippen LogP contribution in [-0.4, -0.2) is 67.1 Å². The summed E-state index contributed by atoms with van der Waals surface area (Å²) >= 11 is 0. The van der Waals surface area contributed by atoms with Gasteiger partial charge in [-0.05, 0) is 63.0 Å². The van der Waals surface area contributed by atoms with Crippen LogP contribution in [-0.2, 0) is 17.8 Å². The van der Waals surface area contributed by atoms with E-state index in [-0.39, 0.29) is 17.8 Å². The van der Waals surface area contributed by atoms with Crippen molar-refractivity contribution >= 4 is 5.91 Å². The topological polar surface area (TPSA) is 47.6 Å². The molecule has 0 radical (unpaired) electrons. The van der Waals surface area contributed by atoms with Crippen LogP contribution in [0.5, 0.6) is 0 Å². The second kappa shape index (κ2) is 11.0. The van der Waals surface area contributed by atoms with Gasteiger partial charge in [0.05, 0.1) is 6.04 Å². The fraction of sp³-hybridized carbons (Fsp3) is 0.500. The number of halogens is 1. The molecule has 2 N–H and O–H groups in total. The third kappa shape index (κ3) is 6.15.